The van der Waals surface area contributed by atoms with E-state index in [0.717, 1.165) is 5.56 Å². The summed E-state index contributed by atoms with van der Waals surface area (Å²) in [6.07, 6.45) is 1.30. The maximum absolute atomic E-state index is 11.9. The molecule has 0 unspecified atom stereocenters. The lowest BCUT2D eigenvalue weighted by Crippen LogP contribution is -2.39. The van der Waals surface area contributed by atoms with E-state index in [1.165, 1.54) is 7.11 Å². The topological polar surface area (TPSA) is 84.6 Å². The molecule has 0 saturated heterocycles. The number of amides is 1. The molecule has 2 rings (SSSR count). The summed E-state index contributed by atoms with van der Waals surface area (Å²) in [6.45, 7) is -0.100. The van der Waals surface area contributed by atoms with Gasteiger partial charge in [-0.25, -0.2) is 0 Å². The summed E-state index contributed by atoms with van der Waals surface area (Å²) in [5.41, 5.74) is 1.07. The van der Waals surface area contributed by atoms with Crippen molar-refractivity contribution >= 4 is 5.91 Å². The second-order valence-corrected chi connectivity index (χ2v) is 4.97. The normalized spacial score (nSPS) is 11.9. The van der Waals surface area contributed by atoms with Gasteiger partial charge >= 0.3 is 0 Å². The lowest BCUT2D eigenvalue weighted by Gasteiger charge is -2.16. The van der Waals surface area contributed by atoms with Gasteiger partial charge in [-0.15, -0.1) is 0 Å². The van der Waals surface area contributed by atoms with Crippen molar-refractivity contribution in [3.63, 3.8) is 0 Å². The van der Waals surface area contributed by atoms with Gasteiger partial charge in [-0.2, -0.15) is 0 Å². The third-order valence-corrected chi connectivity index (χ3v) is 3.26. The Bertz CT molecular complexity index is 583. The van der Waals surface area contributed by atoms with Gasteiger partial charge in [0.1, 0.15) is 5.76 Å². The molecular weight excluding hydrogens is 284 g/mol. The quantitative estimate of drug-likeness (QED) is 0.768. The van der Waals surface area contributed by atoms with Crippen molar-refractivity contribution in [2.45, 2.75) is 25.3 Å². The van der Waals surface area contributed by atoms with E-state index in [2.05, 4.69) is 10.5 Å². The van der Waals surface area contributed by atoms with Crippen molar-refractivity contribution in [2.24, 2.45) is 0 Å². The van der Waals surface area contributed by atoms with Gasteiger partial charge in [0.15, 0.2) is 0 Å². The Morgan fingerprint density at radius 3 is 2.82 bits per heavy atom. The molecule has 6 nitrogen and oxygen atoms in total. The number of carbonyl (C=O) groups is 1. The number of nitrogens with one attached hydrogen (secondary N) is 1. The molecule has 0 saturated carbocycles. The highest BCUT2D eigenvalue weighted by Crippen LogP contribution is 2.12. The number of rotatable bonds is 8. The summed E-state index contributed by atoms with van der Waals surface area (Å²) in [6, 6.07) is 11.1. The van der Waals surface area contributed by atoms with Crippen molar-refractivity contribution in [1.82, 2.24) is 10.5 Å². The number of benzene rings is 1. The molecular formula is C16H20N2O4. The molecule has 1 atom stereocenters. The zero-order valence-corrected chi connectivity index (χ0v) is 12.5. The smallest absolute Gasteiger partial charge is 0.254 e. The van der Waals surface area contributed by atoms with E-state index in [1.807, 2.05) is 30.3 Å². The zero-order chi connectivity index (χ0) is 15.8. The van der Waals surface area contributed by atoms with Crippen LogP contribution in [0.3, 0.4) is 0 Å². The molecule has 2 N–H and O–H groups in total. The van der Waals surface area contributed by atoms with E-state index in [4.69, 9.17) is 9.26 Å². The van der Waals surface area contributed by atoms with Gasteiger partial charge in [0.25, 0.3) is 5.88 Å². The van der Waals surface area contributed by atoms with E-state index in [9.17, 15) is 9.90 Å². The molecule has 0 fully saturated rings. The number of hydrogen-bond donors (Lipinski definition) is 2. The lowest BCUT2D eigenvalue weighted by molar-refractivity contribution is -0.122. The molecule has 22 heavy (non-hydrogen) atoms. The molecule has 1 aromatic carbocycles. The van der Waals surface area contributed by atoms with Crippen LogP contribution in [0, 0.1) is 0 Å². The van der Waals surface area contributed by atoms with Crippen LogP contribution in [0.1, 0.15) is 17.7 Å². The van der Waals surface area contributed by atoms with Crippen molar-refractivity contribution in [2.75, 3.05) is 13.7 Å². The average molecular weight is 304 g/mol. The fraction of sp³-hybridized carbons (Fsp3) is 0.375. The van der Waals surface area contributed by atoms with Crippen LogP contribution in [0.5, 0.6) is 5.88 Å². The second kappa shape index (κ2) is 8.19. The summed E-state index contributed by atoms with van der Waals surface area (Å²) >= 11 is 0. The lowest BCUT2D eigenvalue weighted by atomic mass is 10.1. The van der Waals surface area contributed by atoms with Crippen LogP contribution in [0.25, 0.3) is 0 Å². The van der Waals surface area contributed by atoms with Gasteiger partial charge < -0.3 is 19.7 Å². The number of aliphatic hydroxyl groups is 1. The Labute approximate surface area is 129 Å². The largest absolute Gasteiger partial charge is 0.479 e. The van der Waals surface area contributed by atoms with Gasteiger partial charge in [0, 0.05) is 18.9 Å². The Balaban J connectivity index is 1.79. The zero-order valence-electron chi connectivity index (χ0n) is 12.5. The number of ether oxygens (including phenoxy) is 1. The molecule has 0 bridgehead atoms. The number of methoxy groups -OCH3 is 1. The van der Waals surface area contributed by atoms with Crippen molar-refractivity contribution in [1.29, 1.82) is 0 Å². The number of aromatic nitrogens is 1. The number of nitrogens with zero attached hydrogens (tertiary/aromatic N) is 1. The highest BCUT2D eigenvalue weighted by molar-refractivity contribution is 5.76. The van der Waals surface area contributed by atoms with Crippen LogP contribution in [-0.2, 0) is 17.6 Å². The first-order chi connectivity index (χ1) is 10.7. The van der Waals surface area contributed by atoms with E-state index < -0.39 is 0 Å². The highest BCUT2D eigenvalue weighted by atomic mass is 16.5. The first kappa shape index (κ1) is 16.0. The summed E-state index contributed by atoms with van der Waals surface area (Å²) in [5.74, 6) is 0.855. The van der Waals surface area contributed by atoms with Gasteiger partial charge in [0.2, 0.25) is 5.91 Å². The predicted octanol–water partition coefficient (Wildman–Crippen LogP) is 1.34. The molecule has 6 heteroatoms. The molecule has 0 spiro atoms. The van der Waals surface area contributed by atoms with E-state index in [0.29, 0.717) is 24.5 Å². The van der Waals surface area contributed by atoms with Gasteiger partial charge in [0.05, 0.1) is 19.8 Å². The number of aliphatic hydroxyl groups excluding tert-OH is 1. The molecule has 0 aliphatic heterocycles. The summed E-state index contributed by atoms with van der Waals surface area (Å²) < 4.78 is 9.94. The first-order valence-electron chi connectivity index (χ1n) is 7.15. The third kappa shape index (κ3) is 4.89. The van der Waals surface area contributed by atoms with Crippen LogP contribution in [0.15, 0.2) is 40.9 Å². The third-order valence-electron chi connectivity index (χ3n) is 3.26. The Morgan fingerprint density at radius 1 is 1.41 bits per heavy atom. The summed E-state index contributed by atoms with van der Waals surface area (Å²) in [7, 11) is 1.50. The van der Waals surface area contributed by atoms with Gasteiger partial charge in [-0.3, -0.25) is 4.79 Å². The highest BCUT2D eigenvalue weighted by Gasteiger charge is 2.13. The minimum Gasteiger partial charge on any atom is -0.479 e. The molecule has 0 aliphatic carbocycles. The molecule has 1 aromatic heterocycles. The van der Waals surface area contributed by atoms with Crippen molar-refractivity contribution in [3.05, 3.63) is 47.7 Å². The van der Waals surface area contributed by atoms with Crippen molar-refractivity contribution < 1.29 is 19.2 Å². The predicted molar refractivity (Wildman–Crippen MR) is 80.5 cm³/mol. The van der Waals surface area contributed by atoms with Crippen LogP contribution in [0.4, 0.5) is 0 Å². The second-order valence-electron chi connectivity index (χ2n) is 4.97. The van der Waals surface area contributed by atoms with Crippen molar-refractivity contribution in [3.8, 4) is 5.88 Å². The molecule has 1 amide bonds. The molecule has 118 valence electrons. The molecule has 1 heterocycles. The van der Waals surface area contributed by atoms with Crippen LogP contribution in [0.2, 0.25) is 0 Å². The van der Waals surface area contributed by atoms with E-state index in [1.54, 1.807) is 6.07 Å². The van der Waals surface area contributed by atoms with Crippen LogP contribution in [-0.4, -0.2) is 35.9 Å². The van der Waals surface area contributed by atoms with Crippen LogP contribution >= 0.6 is 0 Å². The monoisotopic (exact) mass is 304 g/mol. The average Bonchev–Trinajstić information content (AvgIpc) is 3.01. The Kier molecular flexibility index (Phi) is 5.97. The summed E-state index contributed by atoms with van der Waals surface area (Å²) in [4.78, 5) is 11.9. The van der Waals surface area contributed by atoms with E-state index >= 15 is 0 Å². The van der Waals surface area contributed by atoms with E-state index in [-0.39, 0.29) is 25.0 Å². The summed E-state index contributed by atoms with van der Waals surface area (Å²) in [5, 5.41) is 15.9. The number of hydrogen-bond acceptors (Lipinski definition) is 5. The Hall–Kier alpha value is -2.34. The number of aryl methyl sites for hydroxylation is 1. The van der Waals surface area contributed by atoms with Crippen LogP contribution < -0.4 is 10.1 Å². The fourth-order valence-electron chi connectivity index (χ4n) is 2.10. The fourth-order valence-corrected chi connectivity index (χ4v) is 2.10. The first-order valence-corrected chi connectivity index (χ1v) is 7.15. The number of carbonyl (C=O) groups excluding carboxylic acids is 1. The minimum atomic E-state index is -0.292. The maximum Gasteiger partial charge on any atom is 0.254 e. The van der Waals surface area contributed by atoms with Gasteiger partial charge in [-0.05, 0) is 17.1 Å². The Morgan fingerprint density at radius 2 is 2.18 bits per heavy atom. The SMILES string of the molecule is COc1cc(CCC(=O)N[C@H](CO)Cc2ccccc2)on1. The molecule has 0 radical (unpaired) electrons. The minimum absolute atomic E-state index is 0.100. The maximum atomic E-state index is 11.9. The molecule has 0 aliphatic rings. The standard InChI is InChI=1S/C16H20N2O4/c1-21-16-10-14(22-18-16)7-8-15(20)17-13(11-19)9-12-5-3-2-4-6-12/h2-6,10,13,19H,7-9,11H2,1H3,(H,17,20)/t13-/m0/s1. The molecule has 2 aromatic rings. The van der Waals surface area contributed by atoms with Gasteiger partial charge in [-0.1, -0.05) is 30.3 Å².